The van der Waals surface area contributed by atoms with Gasteiger partial charge in [-0.15, -0.1) is 0 Å². The van der Waals surface area contributed by atoms with Crippen LogP contribution in [-0.4, -0.2) is 27.9 Å². The van der Waals surface area contributed by atoms with Gasteiger partial charge in [0.05, 0.1) is 12.6 Å². The van der Waals surface area contributed by atoms with Gasteiger partial charge in [-0.1, -0.05) is 36.4 Å². The van der Waals surface area contributed by atoms with Gasteiger partial charge in [-0.25, -0.2) is 0 Å². The number of fused-ring (bicyclic) bond motifs is 3. The van der Waals surface area contributed by atoms with Crippen molar-refractivity contribution in [3.63, 3.8) is 0 Å². The summed E-state index contributed by atoms with van der Waals surface area (Å²) >= 11 is 0. The molecule has 0 aliphatic carbocycles. The fraction of sp³-hybridized carbons (Fsp3) is 0.368. The second-order valence-electron chi connectivity index (χ2n) is 6.93. The van der Waals surface area contributed by atoms with E-state index in [1.54, 1.807) is 0 Å². The van der Waals surface area contributed by atoms with Crippen molar-refractivity contribution >= 4 is 21.8 Å². The topological polar surface area (TPSA) is 37.2 Å². The average molecular weight is 296 g/mol. The van der Waals surface area contributed by atoms with Gasteiger partial charge in [0.15, 0.2) is 0 Å². The van der Waals surface area contributed by atoms with Crippen LogP contribution in [-0.2, 0) is 6.54 Å². The van der Waals surface area contributed by atoms with Gasteiger partial charge in [-0.05, 0) is 32.9 Å². The van der Waals surface area contributed by atoms with Crippen LogP contribution in [0.3, 0.4) is 0 Å². The molecular weight excluding hydrogens is 272 g/mol. The third-order valence-corrected chi connectivity index (χ3v) is 3.94. The molecule has 1 atom stereocenters. The third kappa shape index (κ3) is 3.01. The number of hydrogen-bond donors (Lipinski definition) is 2. The molecule has 0 bridgehead atoms. The van der Waals surface area contributed by atoms with Crippen molar-refractivity contribution in [2.75, 3.05) is 6.54 Å². The molecule has 3 rings (SSSR count). The summed E-state index contributed by atoms with van der Waals surface area (Å²) in [5, 5.41) is 16.3. The molecule has 2 N–H and O–H groups in total. The Morgan fingerprint density at radius 3 is 1.95 bits per heavy atom. The molecule has 0 saturated carbocycles. The summed E-state index contributed by atoms with van der Waals surface area (Å²) in [6, 6.07) is 16.8. The van der Waals surface area contributed by atoms with Gasteiger partial charge in [0.1, 0.15) is 0 Å². The van der Waals surface area contributed by atoms with Crippen molar-refractivity contribution < 1.29 is 5.11 Å². The zero-order valence-electron chi connectivity index (χ0n) is 13.5. The highest BCUT2D eigenvalue weighted by atomic mass is 16.3. The van der Waals surface area contributed by atoms with Crippen LogP contribution in [0.2, 0.25) is 0 Å². The number of β-amino-alcohol motifs (C(OH)–C–C–N with tert-alkyl or cyclic N) is 1. The van der Waals surface area contributed by atoms with E-state index in [9.17, 15) is 5.11 Å². The maximum atomic E-state index is 10.4. The minimum atomic E-state index is -0.418. The maximum Gasteiger partial charge on any atom is 0.0843 e. The van der Waals surface area contributed by atoms with Gasteiger partial charge in [0, 0.05) is 33.9 Å². The standard InChI is InChI=1S/C19H24N2O/c1-19(2,3)20-12-14(22)13-21-17-10-6-4-8-15(17)16-9-5-7-11-18(16)21/h4-11,14,20,22H,12-13H2,1-3H3/t14-/m0/s1. The molecule has 1 heterocycles. The zero-order chi connectivity index (χ0) is 15.7. The first-order valence-electron chi connectivity index (χ1n) is 7.85. The Bertz CT molecular complexity index is 730. The van der Waals surface area contributed by atoms with E-state index in [0.717, 1.165) is 0 Å². The number of para-hydroxylation sites is 2. The van der Waals surface area contributed by atoms with Crippen molar-refractivity contribution in [1.82, 2.24) is 9.88 Å². The molecule has 22 heavy (non-hydrogen) atoms. The molecule has 116 valence electrons. The molecule has 2 aromatic carbocycles. The lowest BCUT2D eigenvalue weighted by Crippen LogP contribution is -2.41. The predicted octanol–water partition coefficient (Wildman–Crippen LogP) is 3.54. The van der Waals surface area contributed by atoms with Gasteiger partial charge in [0.25, 0.3) is 0 Å². The van der Waals surface area contributed by atoms with Gasteiger partial charge < -0.3 is 15.0 Å². The average Bonchev–Trinajstić information content (AvgIpc) is 2.80. The van der Waals surface area contributed by atoms with E-state index in [1.165, 1.54) is 21.8 Å². The summed E-state index contributed by atoms with van der Waals surface area (Å²) in [6.45, 7) is 7.52. The van der Waals surface area contributed by atoms with Crippen LogP contribution in [0.5, 0.6) is 0 Å². The van der Waals surface area contributed by atoms with Gasteiger partial charge in [-0.2, -0.15) is 0 Å². The van der Waals surface area contributed by atoms with Crippen molar-refractivity contribution in [2.24, 2.45) is 0 Å². The number of nitrogens with zero attached hydrogens (tertiary/aromatic N) is 1. The lowest BCUT2D eigenvalue weighted by Gasteiger charge is -2.23. The van der Waals surface area contributed by atoms with Crippen LogP contribution in [0.1, 0.15) is 20.8 Å². The van der Waals surface area contributed by atoms with Gasteiger partial charge >= 0.3 is 0 Å². The largest absolute Gasteiger partial charge is 0.390 e. The SMILES string of the molecule is CC(C)(C)NC[C@H](O)Cn1c2ccccc2c2ccccc21. The minimum Gasteiger partial charge on any atom is -0.390 e. The normalized spacial score (nSPS) is 13.8. The molecule has 0 fully saturated rings. The highest BCUT2D eigenvalue weighted by Gasteiger charge is 2.15. The molecule has 0 radical (unpaired) electrons. The number of rotatable bonds is 4. The number of hydrogen-bond acceptors (Lipinski definition) is 2. The lowest BCUT2D eigenvalue weighted by molar-refractivity contribution is 0.144. The molecule has 0 unspecified atom stereocenters. The highest BCUT2D eigenvalue weighted by Crippen LogP contribution is 2.28. The lowest BCUT2D eigenvalue weighted by atomic mass is 10.1. The first-order valence-corrected chi connectivity index (χ1v) is 7.85. The van der Waals surface area contributed by atoms with Crippen LogP contribution in [0.15, 0.2) is 48.5 Å². The van der Waals surface area contributed by atoms with Crippen molar-refractivity contribution in [1.29, 1.82) is 0 Å². The van der Waals surface area contributed by atoms with E-state index in [2.05, 4.69) is 79.2 Å². The Morgan fingerprint density at radius 1 is 0.955 bits per heavy atom. The summed E-state index contributed by atoms with van der Waals surface area (Å²) in [4.78, 5) is 0. The van der Waals surface area contributed by atoms with E-state index in [1.807, 2.05) is 0 Å². The third-order valence-electron chi connectivity index (χ3n) is 3.94. The molecule has 3 aromatic rings. The Labute approximate surface area is 131 Å². The summed E-state index contributed by atoms with van der Waals surface area (Å²) in [6.07, 6.45) is -0.418. The van der Waals surface area contributed by atoms with Crippen molar-refractivity contribution in [3.8, 4) is 0 Å². The molecule has 0 aliphatic rings. The van der Waals surface area contributed by atoms with Crippen molar-refractivity contribution in [3.05, 3.63) is 48.5 Å². The summed E-state index contributed by atoms with van der Waals surface area (Å²) in [5.41, 5.74) is 2.37. The van der Waals surface area contributed by atoms with Crippen LogP contribution in [0.25, 0.3) is 21.8 Å². The predicted molar refractivity (Wildman–Crippen MR) is 93.2 cm³/mol. The van der Waals surface area contributed by atoms with Crippen molar-refractivity contribution in [2.45, 2.75) is 39.0 Å². The monoisotopic (exact) mass is 296 g/mol. The Balaban J connectivity index is 1.95. The zero-order valence-corrected chi connectivity index (χ0v) is 13.5. The smallest absolute Gasteiger partial charge is 0.0843 e. The second-order valence-corrected chi connectivity index (χ2v) is 6.93. The first kappa shape index (κ1) is 15.1. The fourth-order valence-electron chi connectivity index (χ4n) is 2.90. The van der Waals surface area contributed by atoms with E-state index < -0.39 is 6.10 Å². The van der Waals surface area contributed by atoms with Gasteiger partial charge in [-0.3, -0.25) is 0 Å². The molecular formula is C19H24N2O. The van der Waals surface area contributed by atoms with Gasteiger partial charge in [0.2, 0.25) is 0 Å². The highest BCUT2D eigenvalue weighted by molar-refractivity contribution is 6.07. The van der Waals surface area contributed by atoms with E-state index in [4.69, 9.17) is 0 Å². The molecule has 1 aromatic heterocycles. The second kappa shape index (κ2) is 5.75. The number of nitrogens with one attached hydrogen (secondary N) is 1. The summed E-state index contributed by atoms with van der Waals surface area (Å²) < 4.78 is 2.22. The first-order chi connectivity index (χ1) is 10.5. The Kier molecular flexibility index (Phi) is 3.94. The molecule has 0 aliphatic heterocycles. The Hall–Kier alpha value is -1.84. The number of aliphatic hydroxyl groups excluding tert-OH is 1. The quantitative estimate of drug-likeness (QED) is 0.772. The fourth-order valence-corrected chi connectivity index (χ4v) is 2.90. The maximum absolute atomic E-state index is 10.4. The molecule has 0 spiro atoms. The minimum absolute atomic E-state index is 0.0157. The van der Waals surface area contributed by atoms with E-state index >= 15 is 0 Å². The Morgan fingerprint density at radius 2 is 1.45 bits per heavy atom. The van der Waals surface area contributed by atoms with Crippen LogP contribution >= 0.6 is 0 Å². The van der Waals surface area contributed by atoms with Crippen LogP contribution < -0.4 is 5.32 Å². The molecule has 3 nitrogen and oxygen atoms in total. The summed E-state index contributed by atoms with van der Waals surface area (Å²) in [5.74, 6) is 0. The molecule has 3 heteroatoms. The van der Waals surface area contributed by atoms with Crippen LogP contribution in [0, 0.1) is 0 Å². The summed E-state index contributed by atoms with van der Waals surface area (Å²) in [7, 11) is 0. The van der Waals surface area contributed by atoms with E-state index in [0.29, 0.717) is 13.1 Å². The van der Waals surface area contributed by atoms with E-state index in [-0.39, 0.29) is 5.54 Å². The number of aliphatic hydroxyl groups is 1. The van der Waals surface area contributed by atoms with Crippen LogP contribution in [0.4, 0.5) is 0 Å². The number of aromatic nitrogens is 1. The molecule has 0 amide bonds. The number of benzene rings is 2. The molecule has 0 saturated heterocycles.